The van der Waals surface area contributed by atoms with Crippen molar-refractivity contribution in [3.63, 3.8) is 0 Å². The van der Waals surface area contributed by atoms with Gasteiger partial charge in [0.05, 0.1) is 16.6 Å². The first kappa shape index (κ1) is 21.2. The number of nitrogens with zero attached hydrogens (tertiary/aromatic N) is 2. The third-order valence-corrected chi connectivity index (χ3v) is 8.81. The molecule has 0 fully saturated rings. The van der Waals surface area contributed by atoms with Crippen molar-refractivity contribution in [2.75, 3.05) is 0 Å². The molecular weight excluding hydrogens is 472 g/mol. The summed E-state index contributed by atoms with van der Waals surface area (Å²) in [4.78, 5) is 0. The van der Waals surface area contributed by atoms with E-state index in [0.29, 0.717) is 0 Å². The number of aromatic nitrogens is 2. The Labute approximate surface area is 227 Å². The minimum atomic E-state index is 0.989. The van der Waals surface area contributed by atoms with E-state index in [4.69, 9.17) is 0 Å². The van der Waals surface area contributed by atoms with Crippen LogP contribution in [0.5, 0.6) is 0 Å². The van der Waals surface area contributed by atoms with Gasteiger partial charge in [-0.3, -0.25) is 0 Å². The fourth-order valence-corrected chi connectivity index (χ4v) is 7.09. The number of para-hydroxylation sites is 3. The van der Waals surface area contributed by atoms with E-state index >= 15 is 0 Å². The van der Waals surface area contributed by atoms with Crippen molar-refractivity contribution < 1.29 is 0 Å². The van der Waals surface area contributed by atoms with Gasteiger partial charge < -0.3 is 9.13 Å². The molecule has 0 saturated carbocycles. The van der Waals surface area contributed by atoms with Gasteiger partial charge in [-0.1, -0.05) is 72.8 Å². The zero-order chi connectivity index (χ0) is 25.5. The first-order valence-electron chi connectivity index (χ1n) is 13.9. The maximum Gasteiger partial charge on any atom is 0.0541 e. The summed E-state index contributed by atoms with van der Waals surface area (Å²) in [7, 11) is 0. The summed E-state index contributed by atoms with van der Waals surface area (Å²) in [5.74, 6) is 0. The lowest BCUT2D eigenvalue weighted by atomic mass is 10.0. The molecule has 9 rings (SSSR count). The number of benzene rings is 5. The summed E-state index contributed by atoms with van der Waals surface area (Å²) >= 11 is 0. The molecule has 2 aliphatic rings. The van der Waals surface area contributed by atoms with Crippen LogP contribution in [-0.4, -0.2) is 9.13 Å². The molecule has 0 unspecified atom stereocenters. The van der Waals surface area contributed by atoms with E-state index in [9.17, 15) is 0 Å². The van der Waals surface area contributed by atoms with Crippen LogP contribution < -0.4 is 0 Å². The highest BCUT2D eigenvalue weighted by Gasteiger charge is 2.23. The maximum absolute atomic E-state index is 2.47. The Hall–Kier alpha value is -4.82. The predicted octanol–water partition coefficient (Wildman–Crippen LogP) is 9.26. The number of rotatable bonds is 2. The first-order chi connectivity index (χ1) is 19.3. The van der Waals surface area contributed by atoms with Crippen molar-refractivity contribution >= 4 is 38.8 Å². The molecular formula is C37H26N2. The summed E-state index contributed by atoms with van der Waals surface area (Å²) in [6.45, 7) is 0. The third-order valence-electron chi connectivity index (χ3n) is 8.81. The predicted molar refractivity (Wildman–Crippen MR) is 163 cm³/mol. The van der Waals surface area contributed by atoms with Gasteiger partial charge in [-0.05, 0) is 95.6 Å². The van der Waals surface area contributed by atoms with Gasteiger partial charge in [0.2, 0.25) is 0 Å². The molecule has 0 bridgehead atoms. The van der Waals surface area contributed by atoms with E-state index in [1.165, 1.54) is 77.6 Å². The van der Waals surface area contributed by atoms with Gasteiger partial charge in [0, 0.05) is 33.2 Å². The Morgan fingerprint density at radius 3 is 1.69 bits per heavy atom. The van der Waals surface area contributed by atoms with E-state index in [1.54, 1.807) is 0 Å². The maximum atomic E-state index is 2.47. The zero-order valence-corrected chi connectivity index (χ0v) is 21.6. The van der Waals surface area contributed by atoms with Crippen LogP contribution in [0.15, 0.2) is 115 Å². The summed E-state index contributed by atoms with van der Waals surface area (Å²) in [5.41, 5.74) is 14.6. The number of aryl methyl sites for hydroxylation is 1. The largest absolute Gasteiger partial charge is 0.310 e. The standard InChI is InChI=1S/C37H26N2/c1-5-13-34-28(9-1)29-10-2-6-14-35(29)38(34)26-19-17-24-21-25-18-20-27(23-33(25)32(24)22-26)39-36-15-7-3-11-30(36)31-12-4-8-16-37(31)39/h1-3,5-11,13-20,22-23H,4,12,21H2. The molecule has 0 saturated heterocycles. The highest BCUT2D eigenvalue weighted by molar-refractivity contribution is 6.09. The van der Waals surface area contributed by atoms with Crippen molar-refractivity contribution in [2.24, 2.45) is 0 Å². The molecule has 2 nitrogen and oxygen atoms in total. The number of hydrogen-bond donors (Lipinski definition) is 0. The highest BCUT2D eigenvalue weighted by atomic mass is 15.0. The Morgan fingerprint density at radius 2 is 1.05 bits per heavy atom. The molecule has 0 atom stereocenters. The Bertz CT molecular complexity index is 2100. The van der Waals surface area contributed by atoms with Crippen LogP contribution in [0.3, 0.4) is 0 Å². The van der Waals surface area contributed by atoms with E-state index in [2.05, 4.69) is 130 Å². The molecule has 7 aromatic rings. The second-order valence-electron chi connectivity index (χ2n) is 10.9. The minimum Gasteiger partial charge on any atom is -0.310 e. The molecule has 0 aliphatic heterocycles. The molecule has 39 heavy (non-hydrogen) atoms. The summed E-state index contributed by atoms with van der Waals surface area (Å²) in [5, 5.41) is 3.98. The average molecular weight is 499 g/mol. The molecule has 2 aliphatic carbocycles. The Balaban J connectivity index is 1.25. The monoisotopic (exact) mass is 498 g/mol. The molecule has 2 heteroatoms. The van der Waals surface area contributed by atoms with Crippen molar-refractivity contribution in [1.29, 1.82) is 0 Å². The smallest absolute Gasteiger partial charge is 0.0541 e. The van der Waals surface area contributed by atoms with Gasteiger partial charge in [-0.15, -0.1) is 0 Å². The van der Waals surface area contributed by atoms with Crippen molar-refractivity contribution in [1.82, 2.24) is 9.13 Å². The third kappa shape index (κ3) is 2.92. The molecule has 0 radical (unpaired) electrons. The lowest BCUT2D eigenvalue weighted by Gasteiger charge is -2.14. The topological polar surface area (TPSA) is 9.86 Å². The van der Waals surface area contributed by atoms with E-state index in [-0.39, 0.29) is 0 Å². The van der Waals surface area contributed by atoms with E-state index < -0.39 is 0 Å². The second-order valence-corrected chi connectivity index (χ2v) is 10.9. The van der Waals surface area contributed by atoms with Gasteiger partial charge in [0.25, 0.3) is 0 Å². The molecule has 0 N–H and O–H groups in total. The molecule has 2 heterocycles. The molecule has 0 spiro atoms. The minimum absolute atomic E-state index is 0.989. The van der Waals surface area contributed by atoms with Gasteiger partial charge in [-0.2, -0.15) is 0 Å². The van der Waals surface area contributed by atoms with Gasteiger partial charge in [0.1, 0.15) is 0 Å². The van der Waals surface area contributed by atoms with Crippen LogP contribution in [0.2, 0.25) is 0 Å². The Morgan fingerprint density at radius 1 is 0.513 bits per heavy atom. The number of fused-ring (bicyclic) bond motifs is 9. The summed E-state index contributed by atoms with van der Waals surface area (Å²) < 4.78 is 4.89. The highest BCUT2D eigenvalue weighted by Crippen LogP contribution is 2.42. The van der Waals surface area contributed by atoms with Crippen LogP contribution in [0.4, 0.5) is 0 Å². The number of hydrogen-bond acceptors (Lipinski definition) is 0. The van der Waals surface area contributed by atoms with E-state index in [0.717, 1.165) is 19.3 Å². The lowest BCUT2D eigenvalue weighted by Crippen LogP contribution is -2.00. The van der Waals surface area contributed by atoms with Gasteiger partial charge >= 0.3 is 0 Å². The van der Waals surface area contributed by atoms with Crippen molar-refractivity contribution in [3.05, 3.63) is 138 Å². The van der Waals surface area contributed by atoms with Crippen LogP contribution in [-0.2, 0) is 12.8 Å². The van der Waals surface area contributed by atoms with Gasteiger partial charge in [-0.25, -0.2) is 0 Å². The molecule has 5 aromatic carbocycles. The zero-order valence-electron chi connectivity index (χ0n) is 21.6. The first-order valence-corrected chi connectivity index (χ1v) is 13.9. The van der Waals surface area contributed by atoms with Crippen molar-refractivity contribution in [3.8, 4) is 22.5 Å². The average Bonchev–Trinajstić information content (AvgIpc) is 3.64. The van der Waals surface area contributed by atoms with Crippen molar-refractivity contribution in [2.45, 2.75) is 19.3 Å². The Kier molecular flexibility index (Phi) is 4.25. The van der Waals surface area contributed by atoms with Crippen LogP contribution in [0.1, 0.15) is 28.8 Å². The fourth-order valence-electron chi connectivity index (χ4n) is 7.09. The summed E-state index contributed by atoms with van der Waals surface area (Å²) in [6, 6.07) is 40.5. The number of allylic oxidation sites excluding steroid dienone is 1. The lowest BCUT2D eigenvalue weighted by molar-refractivity contribution is 0.967. The molecule has 0 amide bonds. The van der Waals surface area contributed by atoms with Crippen LogP contribution >= 0.6 is 0 Å². The van der Waals surface area contributed by atoms with E-state index in [1.807, 2.05) is 0 Å². The fraction of sp³-hybridized carbons (Fsp3) is 0.0811. The van der Waals surface area contributed by atoms with Crippen LogP contribution in [0, 0.1) is 0 Å². The quantitative estimate of drug-likeness (QED) is 0.225. The molecule has 184 valence electrons. The van der Waals surface area contributed by atoms with Gasteiger partial charge in [0.15, 0.2) is 0 Å². The summed E-state index contributed by atoms with van der Waals surface area (Å²) in [6.07, 6.45) is 7.85. The second kappa shape index (κ2) is 7.85. The van der Waals surface area contributed by atoms with Crippen LogP contribution in [0.25, 0.3) is 61.3 Å². The normalized spacial score (nSPS) is 13.7. The SMILES string of the molecule is C1=Cc2c(c3ccccc3n2-c2ccc3c(c2)-c2cc(-n4c5ccccc5c5ccccc54)ccc2C3)CC1. The molecule has 2 aromatic heterocycles.